The standard InChI is InChI=1S/C16H21ClN4OS.HI/c1-11-12(2)23-15(21-11)10-20-16(18-3)19-8-9-22-14-6-4-13(17)5-7-14;/h4-7H,8-10H2,1-3H3,(H2,18,19,20);1H. The summed E-state index contributed by atoms with van der Waals surface area (Å²) in [5, 5.41) is 8.21. The van der Waals surface area contributed by atoms with Gasteiger partial charge in [-0.05, 0) is 38.1 Å². The number of rotatable bonds is 6. The summed E-state index contributed by atoms with van der Waals surface area (Å²) in [5.41, 5.74) is 1.09. The fraction of sp³-hybridized carbons (Fsp3) is 0.375. The van der Waals surface area contributed by atoms with Gasteiger partial charge < -0.3 is 15.4 Å². The van der Waals surface area contributed by atoms with E-state index in [9.17, 15) is 0 Å². The van der Waals surface area contributed by atoms with Gasteiger partial charge in [-0.25, -0.2) is 4.98 Å². The number of ether oxygens (including phenoxy) is 1. The van der Waals surface area contributed by atoms with Gasteiger partial charge in [0.1, 0.15) is 17.4 Å². The van der Waals surface area contributed by atoms with Crippen LogP contribution in [0, 0.1) is 13.8 Å². The van der Waals surface area contributed by atoms with Crippen molar-refractivity contribution in [3.05, 3.63) is 44.9 Å². The second kappa shape index (κ2) is 10.7. The van der Waals surface area contributed by atoms with E-state index in [1.807, 2.05) is 31.2 Å². The largest absolute Gasteiger partial charge is 0.492 e. The van der Waals surface area contributed by atoms with E-state index in [0.717, 1.165) is 22.4 Å². The van der Waals surface area contributed by atoms with Gasteiger partial charge in [-0.2, -0.15) is 0 Å². The molecule has 0 unspecified atom stereocenters. The van der Waals surface area contributed by atoms with Gasteiger partial charge in [0.05, 0.1) is 18.8 Å². The van der Waals surface area contributed by atoms with Crippen LogP contribution in [0.5, 0.6) is 5.75 Å². The van der Waals surface area contributed by atoms with E-state index in [1.54, 1.807) is 18.4 Å². The Labute approximate surface area is 168 Å². The fourth-order valence-corrected chi connectivity index (χ4v) is 2.86. The first-order valence-corrected chi connectivity index (χ1v) is 8.53. The predicted molar refractivity (Wildman–Crippen MR) is 112 cm³/mol. The quantitative estimate of drug-likeness (QED) is 0.286. The van der Waals surface area contributed by atoms with Gasteiger partial charge in [0.25, 0.3) is 0 Å². The number of thiazole rings is 1. The van der Waals surface area contributed by atoms with Crippen LogP contribution >= 0.6 is 46.9 Å². The van der Waals surface area contributed by atoms with Crippen molar-refractivity contribution in [1.82, 2.24) is 15.6 Å². The molecule has 0 fully saturated rings. The molecular formula is C16H22ClIN4OS. The molecule has 2 N–H and O–H groups in total. The molecule has 0 saturated carbocycles. The molecule has 8 heteroatoms. The zero-order valence-electron chi connectivity index (χ0n) is 13.9. The molecule has 2 rings (SSSR count). The molecule has 24 heavy (non-hydrogen) atoms. The lowest BCUT2D eigenvalue weighted by Crippen LogP contribution is -2.38. The first kappa shape index (κ1) is 21.0. The topological polar surface area (TPSA) is 58.5 Å². The highest BCUT2D eigenvalue weighted by atomic mass is 127. The summed E-state index contributed by atoms with van der Waals surface area (Å²) >= 11 is 7.54. The molecule has 0 saturated heterocycles. The van der Waals surface area contributed by atoms with Crippen molar-refractivity contribution in [1.29, 1.82) is 0 Å². The number of benzene rings is 1. The van der Waals surface area contributed by atoms with Gasteiger partial charge in [-0.3, -0.25) is 4.99 Å². The zero-order valence-corrected chi connectivity index (χ0v) is 17.8. The van der Waals surface area contributed by atoms with Gasteiger partial charge in [-0.1, -0.05) is 11.6 Å². The summed E-state index contributed by atoms with van der Waals surface area (Å²) in [7, 11) is 1.74. The molecule has 0 aliphatic heterocycles. The number of nitrogens with one attached hydrogen (secondary N) is 2. The number of halogens is 2. The highest BCUT2D eigenvalue weighted by Crippen LogP contribution is 2.16. The number of hydrogen-bond acceptors (Lipinski definition) is 4. The van der Waals surface area contributed by atoms with Crippen molar-refractivity contribution in [2.24, 2.45) is 4.99 Å². The van der Waals surface area contributed by atoms with E-state index < -0.39 is 0 Å². The third-order valence-electron chi connectivity index (χ3n) is 3.18. The predicted octanol–water partition coefficient (Wildman–Crippen LogP) is 3.78. The van der Waals surface area contributed by atoms with Crippen molar-refractivity contribution in [3.8, 4) is 5.75 Å². The Kier molecular flexibility index (Phi) is 9.38. The lowest BCUT2D eigenvalue weighted by molar-refractivity contribution is 0.322. The Morgan fingerprint density at radius 3 is 2.54 bits per heavy atom. The molecule has 0 atom stereocenters. The van der Waals surface area contributed by atoms with Crippen LogP contribution in [0.4, 0.5) is 0 Å². The minimum absolute atomic E-state index is 0. The Morgan fingerprint density at radius 1 is 1.25 bits per heavy atom. The third-order valence-corrected chi connectivity index (χ3v) is 4.51. The highest BCUT2D eigenvalue weighted by molar-refractivity contribution is 14.0. The minimum Gasteiger partial charge on any atom is -0.492 e. The molecule has 5 nitrogen and oxygen atoms in total. The molecule has 2 aromatic rings. The number of hydrogen-bond donors (Lipinski definition) is 2. The van der Waals surface area contributed by atoms with E-state index >= 15 is 0 Å². The molecule has 132 valence electrons. The van der Waals surface area contributed by atoms with Crippen LogP contribution in [-0.2, 0) is 6.54 Å². The number of guanidine groups is 1. The van der Waals surface area contributed by atoms with E-state index in [-0.39, 0.29) is 24.0 Å². The first-order valence-electron chi connectivity index (χ1n) is 7.34. The maximum Gasteiger partial charge on any atom is 0.191 e. The SMILES string of the molecule is CN=C(NCCOc1ccc(Cl)cc1)NCc1nc(C)c(C)s1.I. The Hall–Kier alpha value is -1.06. The Balaban J connectivity index is 0.00000288. The second-order valence-corrected chi connectivity index (χ2v) is 6.63. The summed E-state index contributed by atoms with van der Waals surface area (Å²) in [4.78, 5) is 9.94. The van der Waals surface area contributed by atoms with E-state index in [2.05, 4.69) is 27.5 Å². The molecule has 0 radical (unpaired) electrons. The highest BCUT2D eigenvalue weighted by Gasteiger charge is 2.04. The molecule has 0 amide bonds. The van der Waals surface area contributed by atoms with E-state index in [1.165, 1.54) is 4.88 Å². The lowest BCUT2D eigenvalue weighted by atomic mass is 10.3. The Bertz CT molecular complexity index is 641. The fourth-order valence-electron chi connectivity index (χ4n) is 1.86. The van der Waals surface area contributed by atoms with Crippen LogP contribution in [0.25, 0.3) is 0 Å². The lowest BCUT2D eigenvalue weighted by Gasteiger charge is -2.11. The minimum atomic E-state index is 0. The van der Waals surface area contributed by atoms with Crippen molar-refractivity contribution >= 4 is 52.9 Å². The van der Waals surface area contributed by atoms with Crippen LogP contribution in [0.3, 0.4) is 0 Å². The van der Waals surface area contributed by atoms with Crippen molar-refractivity contribution < 1.29 is 4.74 Å². The van der Waals surface area contributed by atoms with E-state index in [0.29, 0.717) is 24.7 Å². The van der Waals surface area contributed by atoms with Gasteiger partial charge in [-0.15, -0.1) is 35.3 Å². The van der Waals surface area contributed by atoms with Gasteiger partial charge in [0.15, 0.2) is 5.96 Å². The van der Waals surface area contributed by atoms with Gasteiger partial charge in [0, 0.05) is 16.9 Å². The van der Waals surface area contributed by atoms with Gasteiger partial charge in [0.2, 0.25) is 0 Å². The number of aromatic nitrogens is 1. The average Bonchev–Trinajstić information content (AvgIpc) is 2.87. The molecule has 0 spiro atoms. The summed E-state index contributed by atoms with van der Waals surface area (Å²) in [5.74, 6) is 1.53. The van der Waals surface area contributed by atoms with Crippen LogP contribution in [0.1, 0.15) is 15.6 Å². The van der Waals surface area contributed by atoms with Crippen molar-refractivity contribution in [2.75, 3.05) is 20.2 Å². The molecule has 0 aliphatic rings. The van der Waals surface area contributed by atoms with Gasteiger partial charge >= 0.3 is 0 Å². The van der Waals surface area contributed by atoms with Crippen LogP contribution in [0.15, 0.2) is 29.3 Å². The second-order valence-electron chi connectivity index (χ2n) is 4.90. The van der Waals surface area contributed by atoms with E-state index in [4.69, 9.17) is 16.3 Å². The molecule has 1 aromatic carbocycles. The molecule has 0 aliphatic carbocycles. The number of nitrogens with zero attached hydrogens (tertiary/aromatic N) is 2. The summed E-state index contributed by atoms with van der Waals surface area (Å²) in [6.07, 6.45) is 0. The number of aryl methyl sites for hydroxylation is 2. The summed E-state index contributed by atoms with van der Waals surface area (Å²) in [6, 6.07) is 7.32. The van der Waals surface area contributed by atoms with Crippen LogP contribution < -0.4 is 15.4 Å². The smallest absolute Gasteiger partial charge is 0.191 e. The molecule has 1 aromatic heterocycles. The monoisotopic (exact) mass is 480 g/mol. The maximum absolute atomic E-state index is 5.83. The Morgan fingerprint density at radius 2 is 1.96 bits per heavy atom. The molecule has 1 heterocycles. The first-order chi connectivity index (χ1) is 11.1. The van der Waals surface area contributed by atoms with Crippen LogP contribution in [0.2, 0.25) is 5.02 Å². The summed E-state index contributed by atoms with van der Waals surface area (Å²) in [6.45, 7) is 5.96. The zero-order chi connectivity index (χ0) is 16.7. The number of aliphatic imine (C=N–C) groups is 1. The average molecular weight is 481 g/mol. The van der Waals surface area contributed by atoms with Crippen LogP contribution in [-0.4, -0.2) is 31.1 Å². The van der Waals surface area contributed by atoms with Crippen molar-refractivity contribution in [3.63, 3.8) is 0 Å². The molecule has 0 bridgehead atoms. The van der Waals surface area contributed by atoms with Crippen molar-refractivity contribution in [2.45, 2.75) is 20.4 Å². The normalized spacial score (nSPS) is 10.9. The molecular weight excluding hydrogens is 459 g/mol. The maximum atomic E-state index is 5.83. The third kappa shape index (κ3) is 6.82. The summed E-state index contributed by atoms with van der Waals surface area (Å²) < 4.78 is 5.62.